The summed E-state index contributed by atoms with van der Waals surface area (Å²) in [5, 5.41) is 0.869. The number of rotatable bonds is 4. The van der Waals surface area contributed by atoms with E-state index in [1.807, 2.05) is 39.0 Å². The van der Waals surface area contributed by atoms with Crippen LogP contribution in [0.25, 0.3) is 16.1 Å². The van der Waals surface area contributed by atoms with Crippen molar-refractivity contribution in [3.05, 3.63) is 44.6 Å². The SMILES string of the molecule is CCC1CCC(OC(C)=O)=C(c2nc(-c3ccc(Br)cc3C)sc2C)C1=O. The molecule has 3 rings (SSSR count). The second kappa shape index (κ2) is 8.07. The Morgan fingerprint density at radius 3 is 2.74 bits per heavy atom. The average molecular weight is 448 g/mol. The van der Waals surface area contributed by atoms with Crippen LogP contribution in [-0.4, -0.2) is 16.7 Å². The van der Waals surface area contributed by atoms with Crippen molar-refractivity contribution in [3.63, 3.8) is 0 Å². The number of nitrogens with zero attached hydrogens (tertiary/aromatic N) is 1. The van der Waals surface area contributed by atoms with E-state index in [9.17, 15) is 9.59 Å². The first-order valence-electron chi connectivity index (χ1n) is 9.01. The summed E-state index contributed by atoms with van der Waals surface area (Å²) < 4.78 is 6.43. The molecule has 1 aliphatic rings. The van der Waals surface area contributed by atoms with Gasteiger partial charge in [0.25, 0.3) is 0 Å². The van der Waals surface area contributed by atoms with Gasteiger partial charge in [0.15, 0.2) is 5.78 Å². The van der Waals surface area contributed by atoms with E-state index in [0.717, 1.165) is 31.9 Å². The number of carbonyl (C=O) groups excluding carboxylic acids is 2. The van der Waals surface area contributed by atoms with E-state index >= 15 is 0 Å². The monoisotopic (exact) mass is 447 g/mol. The van der Waals surface area contributed by atoms with Gasteiger partial charge in [-0.25, -0.2) is 4.98 Å². The molecule has 1 aliphatic carbocycles. The minimum atomic E-state index is -0.401. The Balaban J connectivity index is 2.12. The molecule has 6 heteroatoms. The van der Waals surface area contributed by atoms with Crippen LogP contribution in [0.2, 0.25) is 0 Å². The van der Waals surface area contributed by atoms with Gasteiger partial charge in [-0.15, -0.1) is 11.3 Å². The number of aryl methyl sites for hydroxylation is 2. The topological polar surface area (TPSA) is 56.3 Å². The minimum absolute atomic E-state index is 0.0347. The van der Waals surface area contributed by atoms with Gasteiger partial charge in [0.1, 0.15) is 10.8 Å². The summed E-state index contributed by atoms with van der Waals surface area (Å²) in [4.78, 5) is 30.4. The van der Waals surface area contributed by atoms with Crippen molar-refractivity contribution < 1.29 is 14.3 Å². The summed E-state index contributed by atoms with van der Waals surface area (Å²) in [5.41, 5.74) is 3.29. The Morgan fingerprint density at radius 1 is 1.37 bits per heavy atom. The van der Waals surface area contributed by atoms with Gasteiger partial charge in [-0.3, -0.25) is 9.59 Å². The van der Waals surface area contributed by atoms with Crippen LogP contribution in [0.4, 0.5) is 0 Å². The van der Waals surface area contributed by atoms with E-state index in [2.05, 4.69) is 15.9 Å². The summed E-state index contributed by atoms with van der Waals surface area (Å²) in [6.45, 7) is 7.39. The summed E-state index contributed by atoms with van der Waals surface area (Å²) in [5.74, 6) is 0.0533. The van der Waals surface area contributed by atoms with Gasteiger partial charge in [0.05, 0.1) is 11.3 Å². The largest absolute Gasteiger partial charge is 0.430 e. The number of benzene rings is 1. The molecular weight excluding hydrogens is 426 g/mol. The predicted molar refractivity (Wildman–Crippen MR) is 111 cm³/mol. The smallest absolute Gasteiger partial charge is 0.307 e. The van der Waals surface area contributed by atoms with Crippen LogP contribution >= 0.6 is 27.3 Å². The first-order chi connectivity index (χ1) is 12.8. The Labute approximate surface area is 171 Å². The van der Waals surface area contributed by atoms with Gasteiger partial charge in [-0.2, -0.15) is 0 Å². The van der Waals surface area contributed by atoms with Crippen LogP contribution < -0.4 is 0 Å². The molecule has 0 aliphatic heterocycles. The molecule has 0 radical (unpaired) electrons. The maximum absolute atomic E-state index is 13.1. The third-order valence-corrected chi connectivity index (χ3v) is 6.33. The van der Waals surface area contributed by atoms with Crippen molar-refractivity contribution in [1.82, 2.24) is 4.98 Å². The summed E-state index contributed by atoms with van der Waals surface area (Å²) >= 11 is 5.05. The zero-order chi connectivity index (χ0) is 19.7. The van der Waals surface area contributed by atoms with Gasteiger partial charge in [-0.1, -0.05) is 28.9 Å². The van der Waals surface area contributed by atoms with Crippen LogP contribution in [0.5, 0.6) is 0 Å². The lowest BCUT2D eigenvalue weighted by atomic mass is 9.83. The Hall–Kier alpha value is -1.79. The van der Waals surface area contributed by atoms with Gasteiger partial charge in [-0.05, 0) is 44.4 Å². The number of ketones is 1. The normalized spacial score (nSPS) is 17.4. The van der Waals surface area contributed by atoms with Crippen molar-refractivity contribution in [2.45, 2.75) is 47.0 Å². The van der Waals surface area contributed by atoms with E-state index in [0.29, 0.717) is 29.9 Å². The highest BCUT2D eigenvalue weighted by Gasteiger charge is 2.33. The fraction of sp³-hybridized carbons (Fsp3) is 0.381. The van der Waals surface area contributed by atoms with Crippen LogP contribution in [0, 0.1) is 19.8 Å². The maximum Gasteiger partial charge on any atom is 0.307 e. The number of Topliss-reactive ketones (excluding diaryl/α,β-unsaturated/α-hetero) is 1. The molecule has 0 spiro atoms. The third-order valence-electron chi connectivity index (χ3n) is 4.83. The standard InChI is InChI=1S/C21H22BrNO3S/c1-5-14-6-9-17(26-13(4)24)18(20(14)25)19-12(3)27-21(23-19)16-8-7-15(22)10-11(16)2/h7-8,10,14H,5-6,9H2,1-4H3. The summed E-state index contributed by atoms with van der Waals surface area (Å²) in [6.07, 6.45) is 2.07. The van der Waals surface area contributed by atoms with Crippen LogP contribution in [0.15, 0.2) is 28.4 Å². The Bertz CT molecular complexity index is 945. The number of esters is 1. The van der Waals surface area contributed by atoms with Crippen molar-refractivity contribution in [2.75, 3.05) is 0 Å². The molecule has 142 valence electrons. The lowest BCUT2D eigenvalue weighted by Gasteiger charge is -2.24. The molecule has 0 amide bonds. The maximum atomic E-state index is 13.1. The number of hydrogen-bond donors (Lipinski definition) is 0. The number of thiazole rings is 1. The first-order valence-corrected chi connectivity index (χ1v) is 10.6. The van der Waals surface area contributed by atoms with Crippen molar-refractivity contribution >= 4 is 44.6 Å². The number of carbonyl (C=O) groups is 2. The molecule has 1 unspecified atom stereocenters. The van der Waals surface area contributed by atoms with Crippen molar-refractivity contribution in [1.29, 1.82) is 0 Å². The lowest BCUT2D eigenvalue weighted by Crippen LogP contribution is -2.23. The molecule has 1 aromatic heterocycles. The highest BCUT2D eigenvalue weighted by atomic mass is 79.9. The summed E-state index contributed by atoms with van der Waals surface area (Å²) in [7, 11) is 0. The zero-order valence-corrected chi connectivity index (χ0v) is 18.3. The molecule has 1 atom stereocenters. The van der Waals surface area contributed by atoms with Crippen LogP contribution in [0.1, 0.15) is 49.2 Å². The molecule has 0 N–H and O–H groups in total. The second-order valence-electron chi connectivity index (χ2n) is 6.78. The highest BCUT2D eigenvalue weighted by Crippen LogP contribution is 2.39. The Kier molecular flexibility index (Phi) is 5.96. The molecule has 27 heavy (non-hydrogen) atoms. The van der Waals surface area contributed by atoms with Gasteiger partial charge >= 0.3 is 5.97 Å². The second-order valence-corrected chi connectivity index (χ2v) is 8.90. The Morgan fingerprint density at radius 2 is 2.11 bits per heavy atom. The number of ether oxygens (including phenoxy) is 1. The third kappa shape index (κ3) is 4.06. The van der Waals surface area contributed by atoms with Crippen molar-refractivity contribution in [2.24, 2.45) is 5.92 Å². The molecule has 2 aromatic rings. The van der Waals surface area contributed by atoms with Crippen LogP contribution in [0.3, 0.4) is 0 Å². The number of hydrogen-bond acceptors (Lipinski definition) is 5. The number of aromatic nitrogens is 1. The molecule has 4 nitrogen and oxygen atoms in total. The summed E-state index contributed by atoms with van der Waals surface area (Å²) in [6, 6.07) is 6.07. The van der Waals surface area contributed by atoms with E-state index in [1.54, 1.807) is 11.3 Å². The zero-order valence-electron chi connectivity index (χ0n) is 15.9. The van der Waals surface area contributed by atoms with Gasteiger partial charge < -0.3 is 4.74 Å². The molecule has 0 saturated heterocycles. The minimum Gasteiger partial charge on any atom is -0.430 e. The number of allylic oxidation sites excluding steroid dienone is 2. The van der Waals surface area contributed by atoms with Gasteiger partial charge in [0, 0.05) is 34.2 Å². The quantitative estimate of drug-likeness (QED) is 0.551. The molecule has 0 saturated carbocycles. The fourth-order valence-electron chi connectivity index (χ4n) is 3.43. The van der Waals surface area contributed by atoms with Crippen LogP contribution in [-0.2, 0) is 14.3 Å². The highest BCUT2D eigenvalue weighted by molar-refractivity contribution is 9.10. The lowest BCUT2D eigenvalue weighted by molar-refractivity contribution is -0.137. The molecular formula is C21H22BrNO3S. The van der Waals surface area contributed by atoms with Crippen molar-refractivity contribution in [3.8, 4) is 10.6 Å². The first kappa shape index (κ1) is 20.0. The van der Waals surface area contributed by atoms with E-state index in [4.69, 9.17) is 9.72 Å². The average Bonchev–Trinajstić information content (AvgIpc) is 2.96. The van der Waals surface area contributed by atoms with E-state index < -0.39 is 5.97 Å². The fourth-order valence-corrected chi connectivity index (χ4v) is 4.91. The molecule has 0 fully saturated rings. The van der Waals surface area contributed by atoms with E-state index in [1.165, 1.54) is 6.92 Å². The van der Waals surface area contributed by atoms with E-state index in [-0.39, 0.29) is 11.7 Å². The van der Waals surface area contributed by atoms with Gasteiger partial charge in [0.2, 0.25) is 0 Å². The molecule has 1 aromatic carbocycles. The molecule has 0 bridgehead atoms. The number of halogens is 1. The predicted octanol–water partition coefficient (Wildman–Crippen LogP) is 5.85. The molecule has 1 heterocycles.